The highest BCUT2D eigenvalue weighted by Crippen LogP contribution is 2.41. The summed E-state index contributed by atoms with van der Waals surface area (Å²) in [6.07, 6.45) is 7.98. The van der Waals surface area contributed by atoms with Crippen LogP contribution in [-0.4, -0.2) is 103 Å². The Hall–Kier alpha value is -6.72. The first-order valence-electron chi connectivity index (χ1n) is 20.1. The van der Waals surface area contributed by atoms with Gasteiger partial charge in [0.1, 0.15) is 34.8 Å². The lowest BCUT2D eigenvalue weighted by Crippen LogP contribution is -2.51. The molecule has 314 valence electrons. The van der Waals surface area contributed by atoms with E-state index in [2.05, 4.69) is 30.6 Å². The fourth-order valence-corrected chi connectivity index (χ4v) is 8.43. The minimum Gasteiger partial charge on any atom is -0.453 e. The molecular weight excluding hydrogens is 773 g/mol. The van der Waals surface area contributed by atoms with E-state index in [0.29, 0.717) is 58.3 Å². The summed E-state index contributed by atoms with van der Waals surface area (Å²) in [6.45, 7) is 8.61. The molecule has 4 atom stereocenters. The summed E-state index contributed by atoms with van der Waals surface area (Å²) in [5, 5.41) is 5.38. The molecule has 2 saturated heterocycles. The number of carbonyl (C=O) groups excluding carboxylic acids is 4. The number of carbonyl (C=O) groups is 4. The molecule has 0 aliphatic carbocycles. The van der Waals surface area contributed by atoms with Crippen molar-refractivity contribution in [1.29, 1.82) is 0 Å². The lowest BCUT2D eigenvalue weighted by Gasteiger charge is -2.30. The van der Waals surface area contributed by atoms with Gasteiger partial charge in [-0.3, -0.25) is 9.59 Å². The molecule has 8 rings (SSSR count). The van der Waals surface area contributed by atoms with Gasteiger partial charge in [0.25, 0.3) is 0 Å². The summed E-state index contributed by atoms with van der Waals surface area (Å²) in [5.41, 5.74) is 6.76. The van der Waals surface area contributed by atoms with Gasteiger partial charge < -0.3 is 48.7 Å². The van der Waals surface area contributed by atoms with Crippen molar-refractivity contribution >= 4 is 46.2 Å². The van der Waals surface area contributed by atoms with Crippen LogP contribution in [0.2, 0.25) is 0 Å². The maximum absolute atomic E-state index is 13.7. The van der Waals surface area contributed by atoms with E-state index in [4.69, 9.17) is 28.3 Å². The third-order valence-electron chi connectivity index (χ3n) is 11.5. The fourth-order valence-electron chi connectivity index (χ4n) is 8.43. The molecule has 2 aliphatic heterocycles. The van der Waals surface area contributed by atoms with Crippen LogP contribution in [0.5, 0.6) is 0 Å². The summed E-state index contributed by atoms with van der Waals surface area (Å²) in [7, 11) is 2.55. The van der Waals surface area contributed by atoms with Crippen LogP contribution in [0.3, 0.4) is 0 Å². The Kier molecular flexibility index (Phi) is 11.0. The second-order valence-electron chi connectivity index (χ2n) is 15.8. The fraction of sp³-hybridized carbons (Fsp3) is 0.429. The number of rotatable bonds is 11. The van der Waals surface area contributed by atoms with Gasteiger partial charge in [-0.15, -0.1) is 0 Å². The SMILES string of the molecule is COC(=O)NC(C(=O)N1CCC[C@H]1c1ncc(-c2ccc(-c3ccc(-c4cnc([C@@H]5CCCN5C(=O)[C@@H](NC(=O)OC)C(C)C)[nH]4)c4ocnc34)c3ncoc23)[nH]1)C(C)C. The molecule has 4 amide bonds. The van der Waals surface area contributed by atoms with Gasteiger partial charge >= 0.3 is 12.2 Å². The highest BCUT2D eigenvalue weighted by Gasteiger charge is 2.39. The number of aromatic nitrogens is 6. The Balaban J connectivity index is 1.05. The number of fused-ring (bicyclic) bond motifs is 2. The van der Waals surface area contributed by atoms with Gasteiger partial charge in [-0.1, -0.05) is 39.8 Å². The van der Waals surface area contributed by atoms with Crippen molar-refractivity contribution in [3.8, 4) is 33.6 Å². The quantitative estimate of drug-likeness (QED) is 0.110. The first kappa shape index (κ1) is 40.1. The summed E-state index contributed by atoms with van der Waals surface area (Å²) >= 11 is 0. The number of imidazole rings is 2. The van der Waals surface area contributed by atoms with Crippen molar-refractivity contribution in [2.24, 2.45) is 11.8 Å². The molecule has 2 fully saturated rings. The van der Waals surface area contributed by atoms with Gasteiger partial charge in [0, 0.05) is 35.3 Å². The number of benzene rings is 2. The summed E-state index contributed by atoms with van der Waals surface area (Å²) in [5.74, 6) is 0.607. The molecule has 18 heteroatoms. The van der Waals surface area contributed by atoms with Crippen LogP contribution in [0.4, 0.5) is 9.59 Å². The number of nitrogens with zero attached hydrogens (tertiary/aromatic N) is 6. The van der Waals surface area contributed by atoms with Gasteiger partial charge in [0.05, 0.1) is 50.1 Å². The van der Waals surface area contributed by atoms with Crippen LogP contribution in [-0.2, 0) is 19.1 Å². The molecule has 60 heavy (non-hydrogen) atoms. The van der Waals surface area contributed by atoms with Gasteiger partial charge in [-0.05, 0) is 49.7 Å². The van der Waals surface area contributed by atoms with E-state index < -0.39 is 24.3 Å². The molecular formula is C42H48N10O8. The molecule has 0 bridgehead atoms. The molecule has 1 unspecified atom stereocenters. The number of oxazole rings is 2. The van der Waals surface area contributed by atoms with E-state index in [1.807, 2.05) is 52.0 Å². The van der Waals surface area contributed by atoms with E-state index in [9.17, 15) is 19.2 Å². The first-order chi connectivity index (χ1) is 29.0. The molecule has 18 nitrogen and oxygen atoms in total. The maximum atomic E-state index is 13.7. The smallest absolute Gasteiger partial charge is 0.407 e. The van der Waals surface area contributed by atoms with Crippen LogP contribution >= 0.6 is 0 Å². The number of nitrogens with one attached hydrogen (secondary N) is 4. The predicted octanol–water partition coefficient (Wildman–Crippen LogP) is 6.50. The molecule has 0 spiro atoms. The van der Waals surface area contributed by atoms with E-state index in [1.54, 1.807) is 22.2 Å². The average Bonchev–Trinajstić information content (AvgIpc) is 4.10. The minimum atomic E-state index is -0.738. The zero-order valence-corrected chi connectivity index (χ0v) is 34.3. The standard InChI is InChI=1S/C42H48N10O8/c1-21(2)31(49-41(55)57-5)39(53)51-15-7-9-29(51)37-43-17-27(47-37)25-13-11-23(33-35(25)59-19-45-33)24-12-14-26(36-34(24)46-20-60-36)28-18-44-38(48-28)30-10-8-16-52(30)40(54)32(22(3)4)50-42(56)58-6/h11-14,17-22,29-32H,7-10,15-16H2,1-6H3,(H,43,47)(H,44,48)(H,49,55)(H,50,56)/t29-,30-,31-,32?/m0/s1. The van der Waals surface area contributed by atoms with E-state index in [0.717, 1.165) is 47.9 Å². The van der Waals surface area contributed by atoms with Crippen molar-refractivity contribution in [2.75, 3.05) is 27.3 Å². The molecule has 4 aromatic heterocycles. The van der Waals surface area contributed by atoms with Gasteiger partial charge in [-0.25, -0.2) is 29.5 Å². The highest BCUT2D eigenvalue weighted by atomic mass is 16.5. The van der Waals surface area contributed by atoms with Gasteiger partial charge in [0.2, 0.25) is 11.8 Å². The highest BCUT2D eigenvalue weighted by molar-refractivity contribution is 6.06. The Labute approximate surface area is 344 Å². The number of aromatic amines is 2. The normalized spacial score (nSPS) is 17.8. The van der Waals surface area contributed by atoms with Gasteiger partial charge in [0.15, 0.2) is 24.0 Å². The maximum Gasteiger partial charge on any atom is 0.407 e. The van der Waals surface area contributed by atoms with E-state index in [1.165, 1.54) is 27.0 Å². The van der Waals surface area contributed by atoms with E-state index in [-0.39, 0.29) is 35.7 Å². The zero-order valence-electron chi connectivity index (χ0n) is 34.3. The van der Waals surface area contributed by atoms with Crippen molar-refractivity contribution in [1.82, 2.24) is 50.3 Å². The summed E-state index contributed by atoms with van der Waals surface area (Å²) in [4.78, 5) is 80.5. The summed E-state index contributed by atoms with van der Waals surface area (Å²) < 4.78 is 21.5. The first-order valence-corrected chi connectivity index (χ1v) is 20.1. The lowest BCUT2D eigenvalue weighted by atomic mass is 9.98. The van der Waals surface area contributed by atoms with E-state index >= 15 is 0 Å². The second kappa shape index (κ2) is 16.5. The van der Waals surface area contributed by atoms with Crippen molar-refractivity contribution in [3.63, 3.8) is 0 Å². The predicted molar refractivity (Wildman–Crippen MR) is 218 cm³/mol. The number of ether oxygens (including phenoxy) is 2. The largest absolute Gasteiger partial charge is 0.453 e. The number of likely N-dealkylation sites (tertiary alicyclic amines) is 2. The van der Waals surface area contributed by atoms with Crippen molar-refractivity contribution in [3.05, 3.63) is 61.1 Å². The molecule has 0 saturated carbocycles. The Morgan fingerprint density at radius 1 is 0.650 bits per heavy atom. The average molecular weight is 821 g/mol. The third kappa shape index (κ3) is 7.30. The topological polar surface area (TPSA) is 227 Å². The zero-order chi connectivity index (χ0) is 42.2. The van der Waals surface area contributed by atoms with Crippen LogP contribution < -0.4 is 10.6 Å². The van der Waals surface area contributed by atoms with Crippen molar-refractivity contribution < 1.29 is 37.5 Å². The molecule has 6 heterocycles. The van der Waals surface area contributed by atoms with Crippen LogP contribution in [0.1, 0.15) is 77.1 Å². The van der Waals surface area contributed by atoms with Crippen LogP contribution in [0.25, 0.3) is 55.8 Å². The number of amides is 4. The molecule has 4 N–H and O–H groups in total. The third-order valence-corrected chi connectivity index (χ3v) is 11.5. The van der Waals surface area contributed by atoms with Crippen LogP contribution in [0.15, 0.2) is 58.3 Å². The Bertz CT molecular complexity index is 2380. The molecule has 6 aromatic rings. The number of hydrogen-bond donors (Lipinski definition) is 4. The number of hydrogen-bond acceptors (Lipinski definition) is 12. The Morgan fingerprint density at radius 3 is 1.43 bits per heavy atom. The molecule has 2 aromatic carbocycles. The van der Waals surface area contributed by atoms with Crippen LogP contribution in [0, 0.1) is 11.8 Å². The molecule has 0 radical (unpaired) electrons. The van der Waals surface area contributed by atoms with Crippen molar-refractivity contribution in [2.45, 2.75) is 77.5 Å². The summed E-state index contributed by atoms with van der Waals surface area (Å²) in [6, 6.07) is 5.72. The minimum absolute atomic E-state index is 0.147. The second-order valence-corrected chi connectivity index (χ2v) is 15.8. The molecule has 2 aliphatic rings. The monoisotopic (exact) mass is 820 g/mol. The number of methoxy groups -OCH3 is 2. The lowest BCUT2D eigenvalue weighted by molar-refractivity contribution is -0.136. The van der Waals surface area contributed by atoms with Gasteiger partial charge in [-0.2, -0.15) is 0 Å². The number of H-pyrrole nitrogens is 2. The number of alkyl carbamates (subject to hydrolysis) is 2. The Morgan fingerprint density at radius 2 is 1.05 bits per heavy atom.